The molecule has 2 aromatic rings. The molecule has 0 saturated heterocycles. The summed E-state index contributed by atoms with van der Waals surface area (Å²) < 4.78 is 13.4. The monoisotopic (exact) mass is 352 g/mol. The van der Waals surface area contributed by atoms with Crippen LogP contribution < -0.4 is 11.1 Å². The molecule has 0 bridgehead atoms. The van der Waals surface area contributed by atoms with Gasteiger partial charge in [-0.3, -0.25) is 4.79 Å². The zero-order valence-corrected chi connectivity index (χ0v) is 12.6. The van der Waals surface area contributed by atoms with Gasteiger partial charge < -0.3 is 11.1 Å². The van der Waals surface area contributed by atoms with Crippen molar-refractivity contribution in [3.63, 3.8) is 0 Å². The molecule has 6 heteroatoms. The van der Waals surface area contributed by atoms with Crippen molar-refractivity contribution < 1.29 is 9.18 Å². The van der Waals surface area contributed by atoms with E-state index in [9.17, 15) is 9.18 Å². The van der Waals surface area contributed by atoms with E-state index in [2.05, 4.69) is 21.2 Å². The number of nitrogens with two attached hydrogens (primary N) is 1. The molecule has 0 aliphatic heterocycles. The van der Waals surface area contributed by atoms with Gasteiger partial charge in [0.2, 0.25) is 0 Å². The molecule has 0 aliphatic carbocycles. The molecule has 2 rings (SSSR count). The van der Waals surface area contributed by atoms with Gasteiger partial charge in [-0.25, -0.2) is 4.39 Å². The molecule has 0 spiro atoms. The van der Waals surface area contributed by atoms with E-state index >= 15 is 0 Å². The number of carbonyl (C=O) groups excluding carboxylic acids is 1. The van der Waals surface area contributed by atoms with Crippen LogP contribution in [0.5, 0.6) is 0 Å². The van der Waals surface area contributed by atoms with Crippen molar-refractivity contribution in [1.29, 1.82) is 0 Å². The largest absolute Gasteiger partial charge is 0.389 e. The van der Waals surface area contributed by atoms with Crippen LogP contribution in [0.25, 0.3) is 0 Å². The van der Waals surface area contributed by atoms with Crippen molar-refractivity contribution >= 4 is 44.7 Å². The lowest BCUT2D eigenvalue weighted by Gasteiger charge is -2.08. The van der Waals surface area contributed by atoms with Crippen molar-refractivity contribution in [2.45, 2.75) is 0 Å². The fraction of sp³-hybridized carbons (Fsp3) is 0. The number of anilines is 1. The highest BCUT2D eigenvalue weighted by molar-refractivity contribution is 9.10. The summed E-state index contributed by atoms with van der Waals surface area (Å²) in [6, 6.07) is 10.8. The summed E-state index contributed by atoms with van der Waals surface area (Å²) in [6.45, 7) is 0. The zero-order valence-electron chi connectivity index (χ0n) is 10.2. The molecule has 0 unspecified atom stereocenters. The van der Waals surface area contributed by atoms with E-state index in [0.29, 0.717) is 21.3 Å². The summed E-state index contributed by atoms with van der Waals surface area (Å²) in [5, 5.41) is 2.71. The maximum atomic E-state index is 13.0. The Kier molecular flexibility index (Phi) is 4.46. The fourth-order valence-electron chi connectivity index (χ4n) is 1.62. The minimum atomic E-state index is -0.413. The Morgan fingerprint density at radius 2 is 2.00 bits per heavy atom. The molecule has 20 heavy (non-hydrogen) atoms. The summed E-state index contributed by atoms with van der Waals surface area (Å²) in [4.78, 5) is 12.4. The van der Waals surface area contributed by atoms with Crippen molar-refractivity contribution in [3.05, 3.63) is 63.9 Å². The first-order valence-electron chi connectivity index (χ1n) is 5.63. The maximum Gasteiger partial charge on any atom is 0.256 e. The van der Waals surface area contributed by atoms with Crippen LogP contribution in [0.2, 0.25) is 0 Å². The number of thiocarbonyl (C=S) groups is 1. The van der Waals surface area contributed by atoms with Crippen LogP contribution in [0.1, 0.15) is 15.9 Å². The fourth-order valence-corrected chi connectivity index (χ4v) is 2.28. The molecule has 102 valence electrons. The molecule has 3 N–H and O–H groups in total. The van der Waals surface area contributed by atoms with E-state index in [0.717, 1.165) is 0 Å². The van der Waals surface area contributed by atoms with Gasteiger partial charge in [0.05, 0.1) is 5.56 Å². The van der Waals surface area contributed by atoms with Crippen molar-refractivity contribution in [1.82, 2.24) is 0 Å². The number of hydrogen-bond acceptors (Lipinski definition) is 2. The van der Waals surface area contributed by atoms with Gasteiger partial charge in [0.1, 0.15) is 10.8 Å². The van der Waals surface area contributed by atoms with E-state index in [1.54, 1.807) is 24.3 Å². The third kappa shape index (κ3) is 3.40. The quantitative estimate of drug-likeness (QED) is 0.831. The van der Waals surface area contributed by atoms with Gasteiger partial charge in [-0.15, -0.1) is 0 Å². The van der Waals surface area contributed by atoms with Crippen LogP contribution in [0.15, 0.2) is 46.9 Å². The lowest BCUT2D eigenvalue weighted by Crippen LogP contribution is -2.14. The number of nitrogens with one attached hydrogen (secondary N) is 1. The molecule has 0 radical (unpaired) electrons. The Morgan fingerprint density at radius 3 is 2.65 bits per heavy atom. The number of halogens is 2. The predicted octanol–water partition coefficient (Wildman–Crippen LogP) is 3.47. The lowest BCUT2D eigenvalue weighted by atomic mass is 10.1. The van der Waals surface area contributed by atoms with Crippen LogP contribution in [-0.4, -0.2) is 10.9 Å². The molecule has 0 saturated carbocycles. The summed E-state index contributed by atoms with van der Waals surface area (Å²) in [5.41, 5.74) is 7.10. The number of hydrogen-bond donors (Lipinski definition) is 2. The van der Waals surface area contributed by atoms with Gasteiger partial charge in [-0.1, -0.05) is 24.4 Å². The number of rotatable bonds is 3. The van der Waals surface area contributed by atoms with Gasteiger partial charge in [-0.2, -0.15) is 0 Å². The molecule has 0 fully saturated rings. The predicted molar refractivity (Wildman–Crippen MR) is 84.4 cm³/mol. The van der Waals surface area contributed by atoms with Gasteiger partial charge in [0.15, 0.2) is 0 Å². The minimum Gasteiger partial charge on any atom is -0.389 e. The van der Waals surface area contributed by atoms with E-state index in [-0.39, 0.29) is 10.9 Å². The number of carbonyl (C=O) groups is 1. The van der Waals surface area contributed by atoms with E-state index in [1.807, 2.05) is 0 Å². The third-order valence-corrected chi connectivity index (χ3v) is 3.47. The highest BCUT2D eigenvalue weighted by atomic mass is 79.9. The average molecular weight is 353 g/mol. The lowest BCUT2D eigenvalue weighted by molar-refractivity contribution is 0.102. The van der Waals surface area contributed by atoms with Crippen LogP contribution in [0.3, 0.4) is 0 Å². The maximum absolute atomic E-state index is 13.0. The Bertz CT molecular complexity index is 691. The Labute approximate surface area is 129 Å². The topological polar surface area (TPSA) is 55.1 Å². The first kappa shape index (κ1) is 14.6. The minimum absolute atomic E-state index is 0.254. The summed E-state index contributed by atoms with van der Waals surface area (Å²) >= 11 is 8.04. The van der Waals surface area contributed by atoms with Gasteiger partial charge in [0.25, 0.3) is 5.91 Å². The van der Waals surface area contributed by atoms with Gasteiger partial charge >= 0.3 is 0 Å². The third-order valence-electron chi connectivity index (χ3n) is 2.58. The molecular formula is C14H10BrFN2OS. The first-order valence-corrected chi connectivity index (χ1v) is 6.84. The van der Waals surface area contributed by atoms with Crippen molar-refractivity contribution in [3.8, 4) is 0 Å². The molecule has 0 atom stereocenters. The second kappa shape index (κ2) is 6.11. The molecule has 1 amide bonds. The Hall–Kier alpha value is -1.79. The molecule has 0 aliphatic rings. The molecule has 3 nitrogen and oxygen atoms in total. The summed E-state index contributed by atoms with van der Waals surface area (Å²) in [7, 11) is 0. The SMILES string of the molecule is NC(=S)c1cccc(NC(=O)c2ccc(F)cc2Br)c1. The molecule has 0 heterocycles. The van der Waals surface area contributed by atoms with E-state index in [1.165, 1.54) is 18.2 Å². The van der Waals surface area contributed by atoms with Crippen LogP contribution in [0.4, 0.5) is 10.1 Å². The normalized spacial score (nSPS) is 10.1. The highest BCUT2D eigenvalue weighted by Crippen LogP contribution is 2.20. The highest BCUT2D eigenvalue weighted by Gasteiger charge is 2.11. The van der Waals surface area contributed by atoms with Crippen LogP contribution >= 0.6 is 28.1 Å². The van der Waals surface area contributed by atoms with Gasteiger partial charge in [0, 0.05) is 15.7 Å². The average Bonchev–Trinajstić information content (AvgIpc) is 2.38. The molecule has 0 aromatic heterocycles. The van der Waals surface area contributed by atoms with Crippen LogP contribution in [-0.2, 0) is 0 Å². The van der Waals surface area contributed by atoms with Crippen LogP contribution in [0, 0.1) is 5.82 Å². The Balaban J connectivity index is 2.23. The molecular weight excluding hydrogens is 343 g/mol. The smallest absolute Gasteiger partial charge is 0.256 e. The second-order valence-electron chi connectivity index (χ2n) is 4.02. The number of amides is 1. The van der Waals surface area contributed by atoms with Crippen molar-refractivity contribution in [2.75, 3.05) is 5.32 Å². The molecule has 2 aromatic carbocycles. The zero-order chi connectivity index (χ0) is 14.7. The standard InChI is InChI=1S/C14H10BrFN2OS/c15-12-7-9(16)4-5-11(12)14(19)18-10-3-1-2-8(6-10)13(17)20/h1-7H,(H2,17,20)(H,18,19). The Morgan fingerprint density at radius 1 is 1.25 bits per heavy atom. The summed E-state index contributed by atoms with van der Waals surface area (Å²) in [5.74, 6) is -0.763. The van der Waals surface area contributed by atoms with E-state index in [4.69, 9.17) is 18.0 Å². The van der Waals surface area contributed by atoms with Gasteiger partial charge in [-0.05, 0) is 46.3 Å². The van der Waals surface area contributed by atoms with E-state index < -0.39 is 5.82 Å². The van der Waals surface area contributed by atoms with Crippen molar-refractivity contribution in [2.24, 2.45) is 5.73 Å². The number of benzene rings is 2. The second-order valence-corrected chi connectivity index (χ2v) is 5.32. The first-order chi connectivity index (χ1) is 9.47. The summed E-state index contributed by atoms with van der Waals surface area (Å²) in [6.07, 6.45) is 0.